The van der Waals surface area contributed by atoms with Crippen LogP contribution in [-0.4, -0.2) is 48.4 Å². The van der Waals surface area contributed by atoms with Gasteiger partial charge in [0, 0.05) is 38.7 Å². The van der Waals surface area contributed by atoms with Crippen LogP contribution in [0.3, 0.4) is 0 Å². The van der Waals surface area contributed by atoms with Crippen molar-refractivity contribution in [2.45, 2.75) is 25.5 Å². The normalized spacial score (nSPS) is 21.8. The zero-order chi connectivity index (χ0) is 23.6. The first-order valence-electron chi connectivity index (χ1n) is 10.9. The topological polar surface area (TPSA) is 104 Å². The molecule has 3 aromatic heterocycles. The minimum atomic E-state index is -3.21. The molecule has 1 saturated heterocycles. The lowest BCUT2D eigenvalue weighted by Crippen LogP contribution is -2.24. The summed E-state index contributed by atoms with van der Waals surface area (Å²) >= 11 is 0. The van der Waals surface area contributed by atoms with Gasteiger partial charge in [-0.05, 0) is 36.1 Å². The average Bonchev–Trinajstić information content (AvgIpc) is 3.19. The quantitative estimate of drug-likeness (QED) is 0.424. The predicted octanol–water partition coefficient (Wildman–Crippen LogP) is 2.40. The van der Waals surface area contributed by atoms with E-state index in [9.17, 15) is 13.6 Å². The second-order valence-corrected chi connectivity index (χ2v) is 8.91. The minimum absolute atomic E-state index is 0.134. The average molecular weight is 469 g/mol. The summed E-state index contributed by atoms with van der Waals surface area (Å²) in [6.45, 7) is 2.50. The fourth-order valence-corrected chi connectivity index (χ4v) is 4.85. The van der Waals surface area contributed by atoms with Crippen LogP contribution in [0, 0.1) is 11.8 Å². The van der Waals surface area contributed by atoms with E-state index in [1.165, 1.54) is 10.9 Å². The van der Waals surface area contributed by atoms with Crippen molar-refractivity contribution in [1.82, 2.24) is 29.2 Å². The summed E-state index contributed by atoms with van der Waals surface area (Å²) in [6, 6.07) is 6.69. The van der Waals surface area contributed by atoms with Gasteiger partial charge < -0.3 is 18.7 Å². The first-order chi connectivity index (χ1) is 16.3. The third kappa shape index (κ3) is 3.58. The third-order valence-electron chi connectivity index (χ3n) is 6.48. The summed E-state index contributed by atoms with van der Waals surface area (Å²) in [5.41, 5.74) is 1.56. The molecule has 4 aromatic rings. The molecule has 12 heteroatoms. The van der Waals surface area contributed by atoms with Crippen LogP contribution in [0.2, 0.25) is 0 Å². The number of alkyl halides is 2. The molecule has 2 aliphatic rings. The van der Waals surface area contributed by atoms with Crippen molar-refractivity contribution in [3.05, 3.63) is 59.0 Å². The molecule has 4 heterocycles. The molecule has 10 nitrogen and oxygen atoms in total. The standard InChI is InChI=1S/C22H21F2N7O3/c1-22(23,24)33-13-5-3-12(4-6-13)30-7-14-15(8-30)17(14)19-27-16(34-28-19)9-31-11-26-20-18(21(31)32)29(2)10-25-20/h3-6,10-11,14-15,17H,7-9H2,1-2H3. The second kappa shape index (κ2) is 7.34. The van der Waals surface area contributed by atoms with E-state index in [0.29, 0.717) is 41.6 Å². The molecule has 176 valence electrons. The number of hydrogen-bond acceptors (Lipinski definition) is 8. The van der Waals surface area contributed by atoms with Crippen molar-refractivity contribution >= 4 is 16.9 Å². The maximum atomic E-state index is 13.0. The van der Waals surface area contributed by atoms with Crippen LogP contribution in [0.25, 0.3) is 11.2 Å². The molecule has 2 unspecified atom stereocenters. The van der Waals surface area contributed by atoms with Crippen molar-refractivity contribution in [2.24, 2.45) is 18.9 Å². The highest BCUT2D eigenvalue weighted by Crippen LogP contribution is 2.57. The monoisotopic (exact) mass is 469 g/mol. The number of aryl methyl sites for hydroxylation is 1. The third-order valence-corrected chi connectivity index (χ3v) is 6.48. The zero-order valence-electron chi connectivity index (χ0n) is 18.4. The van der Waals surface area contributed by atoms with Crippen molar-refractivity contribution in [2.75, 3.05) is 18.0 Å². The molecule has 0 bridgehead atoms. The molecular weight excluding hydrogens is 448 g/mol. The fourth-order valence-electron chi connectivity index (χ4n) is 4.85. The lowest BCUT2D eigenvalue weighted by atomic mass is 10.2. The number of benzene rings is 1. The summed E-state index contributed by atoms with van der Waals surface area (Å²) in [4.78, 5) is 27.8. The van der Waals surface area contributed by atoms with E-state index in [2.05, 4.69) is 29.7 Å². The number of halogens is 2. The van der Waals surface area contributed by atoms with Gasteiger partial charge in [-0.25, -0.2) is 9.97 Å². The van der Waals surface area contributed by atoms with Crippen LogP contribution in [0.5, 0.6) is 5.75 Å². The van der Waals surface area contributed by atoms with Gasteiger partial charge in [-0.3, -0.25) is 9.36 Å². The summed E-state index contributed by atoms with van der Waals surface area (Å²) in [6.07, 6.45) is -0.221. The molecule has 1 aliphatic carbocycles. The summed E-state index contributed by atoms with van der Waals surface area (Å²) in [5.74, 6) is 2.15. The van der Waals surface area contributed by atoms with Gasteiger partial charge in [-0.1, -0.05) is 5.16 Å². The molecule has 0 amide bonds. The Labute approximate surface area is 191 Å². The number of piperidine rings is 1. The van der Waals surface area contributed by atoms with Gasteiger partial charge in [0.05, 0.1) is 6.33 Å². The number of aromatic nitrogens is 6. The molecule has 0 radical (unpaired) electrons. The van der Waals surface area contributed by atoms with Gasteiger partial charge in [0.15, 0.2) is 17.0 Å². The highest BCUT2D eigenvalue weighted by Gasteiger charge is 2.58. The first kappa shape index (κ1) is 20.8. The van der Waals surface area contributed by atoms with E-state index < -0.39 is 6.11 Å². The zero-order valence-corrected chi connectivity index (χ0v) is 18.4. The molecule has 1 saturated carbocycles. The van der Waals surface area contributed by atoms with Crippen LogP contribution >= 0.6 is 0 Å². The summed E-state index contributed by atoms with van der Waals surface area (Å²) < 4.78 is 39.1. The van der Waals surface area contributed by atoms with Crippen LogP contribution in [0.4, 0.5) is 14.5 Å². The van der Waals surface area contributed by atoms with Gasteiger partial charge in [0.1, 0.15) is 18.6 Å². The van der Waals surface area contributed by atoms with Gasteiger partial charge in [0.2, 0.25) is 5.89 Å². The van der Waals surface area contributed by atoms with Crippen LogP contribution < -0.4 is 15.2 Å². The van der Waals surface area contributed by atoms with Gasteiger partial charge in [0.25, 0.3) is 5.56 Å². The van der Waals surface area contributed by atoms with Gasteiger partial charge in [-0.2, -0.15) is 13.8 Å². The first-order valence-corrected chi connectivity index (χ1v) is 10.9. The molecule has 0 spiro atoms. The number of fused-ring (bicyclic) bond motifs is 2. The smallest absolute Gasteiger partial charge is 0.394 e. The van der Waals surface area contributed by atoms with Crippen molar-refractivity contribution in [3.63, 3.8) is 0 Å². The molecule has 1 aromatic carbocycles. The molecule has 1 aliphatic heterocycles. The van der Waals surface area contributed by atoms with E-state index >= 15 is 0 Å². The molecule has 6 rings (SSSR count). The van der Waals surface area contributed by atoms with Gasteiger partial charge in [-0.15, -0.1) is 0 Å². The number of ether oxygens (including phenoxy) is 1. The van der Waals surface area contributed by atoms with E-state index in [1.54, 1.807) is 42.2 Å². The molecular formula is C22H21F2N7O3. The number of nitrogens with zero attached hydrogens (tertiary/aromatic N) is 7. The van der Waals surface area contributed by atoms with Crippen molar-refractivity contribution in [1.29, 1.82) is 0 Å². The molecule has 2 atom stereocenters. The minimum Gasteiger partial charge on any atom is -0.433 e. The highest BCUT2D eigenvalue weighted by atomic mass is 19.3. The Hall–Kier alpha value is -3.83. The number of imidazole rings is 1. The Bertz CT molecular complexity index is 1410. The maximum absolute atomic E-state index is 13.0. The largest absolute Gasteiger partial charge is 0.433 e. The van der Waals surface area contributed by atoms with Crippen molar-refractivity contribution < 1.29 is 18.0 Å². The summed E-state index contributed by atoms with van der Waals surface area (Å²) in [7, 11) is 1.74. The molecule has 2 fully saturated rings. The van der Waals surface area contributed by atoms with Crippen molar-refractivity contribution in [3.8, 4) is 5.75 Å². The SMILES string of the molecule is Cn1cnc2ncn(Cc3nc(C4C5CN(c6ccc(OC(C)(F)F)cc6)CC54)no3)c(=O)c21. The van der Waals surface area contributed by atoms with Gasteiger partial charge >= 0.3 is 6.11 Å². The highest BCUT2D eigenvalue weighted by molar-refractivity contribution is 5.68. The lowest BCUT2D eigenvalue weighted by molar-refractivity contribution is -0.158. The Morgan fingerprint density at radius 3 is 2.56 bits per heavy atom. The predicted molar refractivity (Wildman–Crippen MR) is 116 cm³/mol. The Kier molecular flexibility index (Phi) is 4.48. The van der Waals surface area contributed by atoms with Crippen LogP contribution in [0.1, 0.15) is 24.6 Å². The lowest BCUT2D eigenvalue weighted by Gasteiger charge is -2.22. The number of rotatable bonds is 6. The molecule has 0 N–H and O–H groups in total. The fraction of sp³-hybridized carbons (Fsp3) is 0.409. The molecule has 34 heavy (non-hydrogen) atoms. The van der Waals surface area contributed by atoms with Crippen LogP contribution in [0.15, 0.2) is 46.2 Å². The Morgan fingerprint density at radius 1 is 1.15 bits per heavy atom. The van der Waals surface area contributed by atoms with E-state index in [1.807, 2.05) is 0 Å². The maximum Gasteiger partial charge on any atom is 0.394 e. The second-order valence-electron chi connectivity index (χ2n) is 8.91. The Morgan fingerprint density at radius 2 is 1.85 bits per heavy atom. The summed E-state index contributed by atoms with van der Waals surface area (Å²) in [5, 5.41) is 4.15. The van der Waals surface area contributed by atoms with E-state index in [0.717, 1.165) is 18.8 Å². The van der Waals surface area contributed by atoms with Crippen LogP contribution in [-0.2, 0) is 13.6 Å². The number of anilines is 1. The van der Waals surface area contributed by atoms with E-state index in [-0.39, 0.29) is 23.8 Å². The van der Waals surface area contributed by atoms with E-state index in [4.69, 9.17) is 4.52 Å². The number of hydrogen-bond donors (Lipinski definition) is 0. The Balaban J connectivity index is 1.10.